The second-order valence-corrected chi connectivity index (χ2v) is 7.36. The molecular weight excluding hydrogens is 463 g/mol. The third-order valence-electron chi connectivity index (χ3n) is 4.89. The van der Waals surface area contributed by atoms with Crippen molar-refractivity contribution in [1.29, 1.82) is 0 Å². The average Bonchev–Trinajstić information content (AvgIpc) is 2.75. The molecule has 2 heterocycles. The van der Waals surface area contributed by atoms with Gasteiger partial charge in [-0.05, 0) is 48.2 Å². The van der Waals surface area contributed by atoms with Gasteiger partial charge in [-0.2, -0.15) is 0 Å². The number of hydrogen-bond donors (Lipinski definition) is 3. The molecule has 3 N–H and O–H groups in total. The Bertz CT molecular complexity index is 857. The molecule has 3 rings (SSSR count). The van der Waals surface area contributed by atoms with Gasteiger partial charge in [0.25, 0.3) is 5.91 Å². The van der Waals surface area contributed by atoms with Crippen molar-refractivity contribution >= 4 is 54.2 Å². The van der Waals surface area contributed by atoms with E-state index in [9.17, 15) is 4.79 Å². The number of ether oxygens (including phenoxy) is 1. The zero-order valence-electron chi connectivity index (χ0n) is 17.1. The summed E-state index contributed by atoms with van der Waals surface area (Å²) in [7, 11) is 1.67. The molecule has 0 unspecified atom stereocenters. The molecule has 1 aromatic heterocycles. The molecule has 0 bridgehead atoms. The first-order chi connectivity index (χ1) is 14.1. The summed E-state index contributed by atoms with van der Waals surface area (Å²) in [6, 6.07) is 10.2. The Kier molecular flexibility index (Phi) is 11.7. The van der Waals surface area contributed by atoms with Crippen LogP contribution in [0.4, 0.5) is 5.82 Å². The first kappa shape index (κ1) is 27.0. The maximum atomic E-state index is 11.0. The zero-order valence-corrected chi connectivity index (χ0v) is 19.5. The lowest BCUT2D eigenvalue weighted by atomic mass is 10.0. The number of carbonyl (C=O) groups excluding carboxylic acids is 1. The fourth-order valence-corrected chi connectivity index (χ4v) is 3.51. The van der Waals surface area contributed by atoms with Crippen molar-refractivity contribution < 1.29 is 14.7 Å². The highest BCUT2D eigenvalue weighted by atomic mass is 35.5. The Labute approximate surface area is 199 Å². The van der Waals surface area contributed by atoms with Crippen LogP contribution in [0.15, 0.2) is 42.6 Å². The van der Waals surface area contributed by atoms with Gasteiger partial charge >= 0.3 is 0 Å². The number of anilines is 1. The van der Waals surface area contributed by atoms with E-state index in [0.29, 0.717) is 22.4 Å². The van der Waals surface area contributed by atoms with Gasteiger partial charge in [-0.1, -0.05) is 23.7 Å². The number of nitrogens with zero attached hydrogens (tertiary/aromatic N) is 2. The lowest BCUT2D eigenvalue weighted by Gasteiger charge is -2.32. The largest absolute Gasteiger partial charge is 0.497 e. The number of hydrogen-bond acceptors (Lipinski definition) is 6. The third kappa shape index (κ3) is 8.20. The van der Waals surface area contributed by atoms with Gasteiger partial charge in [0.2, 0.25) is 0 Å². The Morgan fingerprint density at radius 2 is 1.97 bits per heavy atom. The van der Waals surface area contributed by atoms with Gasteiger partial charge < -0.3 is 10.1 Å². The highest BCUT2D eigenvalue weighted by Crippen LogP contribution is 2.24. The molecule has 0 saturated carbocycles. The van der Waals surface area contributed by atoms with Gasteiger partial charge in [0.05, 0.1) is 12.1 Å². The molecular formula is C21H27Cl3N4O3. The Hall–Kier alpha value is -2.03. The summed E-state index contributed by atoms with van der Waals surface area (Å²) in [4.78, 5) is 17.9. The van der Waals surface area contributed by atoms with Crippen LogP contribution in [0.25, 0.3) is 6.08 Å². The van der Waals surface area contributed by atoms with Crippen molar-refractivity contribution in [3.8, 4) is 5.75 Å². The molecule has 1 saturated heterocycles. The number of nitrogens with one attached hydrogen (secondary N) is 2. The number of methoxy groups -OCH3 is 1. The first-order valence-electron chi connectivity index (χ1n) is 9.47. The van der Waals surface area contributed by atoms with Crippen LogP contribution >= 0.6 is 36.4 Å². The molecule has 10 heteroatoms. The summed E-state index contributed by atoms with van der Waals surface area (Å²) in [6.07, 6.45) is 6.39. The summed E-state index contributed by atoms with van der Waals surface area (Å²) in [5.41, 5.74) is 3.50. The van der Waals surface area contributed by atoms with Gasteiger partial charge in [0.15, 0.2) is 0 Å². The fraction of sp³-hybridized carbons (Fsp3) is 0.333. The molecule has 170 valence electrons. The minimum absolute atomic E-state index is 0. The smallest absolute Gasteiger partial charge is 0.267 e. The van der Waals surface area contributed by atoms with E-state index >= 15 is 0 Å². The predicted molar refractivity (Wildman–Crippen MR) is 128 cm³/mol. The van der Waals surface area contributed by atoms with Crippen LogP contribution in [-0.2, 0) is 11.3 Å². The highest BCUT2D eigenvalue weighted by molar-refractivity contribution is 6.33. The van der Waals surface area contributed by atoms with E-state index in [1.807, 2.05) is 12.1 Å². The van der Waals surface area contributed by atoms with E-state index in [1.165, 1.54) is 23.2 Å². The van der Waals surface area contributed by atoms with Crippen LogP contribution in [-0.4, -0.2) is 47.2 Å². The maximum absolute atomic E-state index is 11.0. The Morgan fingerprint density at radius 1 is 1.29 bits per heavy atom. The van der Waals surface area contributed by atoms with Crippen molar-refractivity contribution in [2.75, 3.05) is 25.5 Å². The monoisotopic (exact) mass is 488 g/mol. The van der Waals surface area contributed by atoms with Crippen LogP contribution in [0.1, 0.15) is 24.0 Å². The lowest BCUT2D eigenvalue weighted by molar-refractivity contribution is -0.124. The van der Waals surface area contributed by atoms with Gasteiger partial charge in [-0.3, -0.25) is 14.9 Å². The van der Waals surface area contributed by atoms with Crippen molar-refractivity contribution in [1.82, 2.24) is 15.4 Å². The summed E-state index contributed by atoms with van der Waals surface area (Å²) >= 11 is 6.33. The van der Waals surface area contributed by atoms with Crippen LogP contribution in [0.5, 0.6) is 5.75 Å². The number of halogens is 3. The number of hydroxylamine groups is 1. The minimum Gasteiger partial charge on any atom is -0.497 e. The number of aromatic nitrogens is 1. The Morgan fingerprint density at radius 3 is 2.55 bits per heavy atom. The first-order valence-corrected chi connectivity index (χ1v) is 9.84. The Balaban J connectivity index is 0.00000240. The lowest BCUT2D eigenvalue weighted by Crippen LogP contribution is -2.38. The second kappa shape index (κ2) is 13.4. The summed E-state index contributed by atoms with van der Waals surface area (Å²) in [5.74, 6) is 0.910. The number of amides is 1. The van der Waals surface area contributed by atoms with E-state index in [1.54, 1.807) is 19.4 Å². The maximum Gasteiger partial charge on any atom is 0.267 e. The standard InChI is InChI=1S/C21H25ClN4O3.2ClH/c1-29-18-5-2-15(3-6-18)14-26-10-8-17(9-11-26)24-21-19(22)12-16(13-23-21)4-7-20(27)25-28;;/h2-7,12-13,17,28H,8-11,14H2,1H3,(H,23,24)(H,25,27);2*1H. The van der Waals surface area contributed by atoms with Gasteiger partial charge in [0.1, 0.15) is 11.6 Å². The molecule has 7 nitrogen and oxygen atoms in total. The molecule has 1 aliphatic rings. The van der Waals surface area contributed by atoms with Gasteiger partial charge in [-0.15, -0.1) is 24.8 Å². The number of benzene rings is 1. The number of carbonyl (C=O) groups is 1. The van der Waals surface area contributed by atoms with Crippen LogP contribution < -0.4 is 15.5 Å². The average molecular weight is 490 g/mol. The number of rotatable bonds is 7. The van der Waals surface area contributed by atoms with Crippen LogP contribution in [0.2, 0.25) is 5.02 Å². The molecule has 0 aliphatic carbocycles. The fourth-order valence-electron chi connectivity index (χ4n) is 3.28. The molecule has 31 heavy (non-hydrogen) atoms. The van der Waals surface area contributed by atoms with E-state index in [4.69, 9.17) is 21.5 Å². The van der Waals surface area contributed by atoms with Crippen molar-refractivity contribution in [2.24, 2.45) is 0 Å². The molecule has 0 radical (unpaired) electrons. The topological polar surface area (TPSA) is 86.7 Å². The van der Waals surface area contributed by atoms with Crippen LogP contribution in [0.3, 0.4) is 0 Å². The molecule has 1 fully saturated rings. The molecule has 0 atom stereocenters. The molecule has 1 amide bonds. The normalized spacial score (nSPS) is 14.4. The van der Waals surface area contributed by atoms with Gasteiger partial charge in [-0.25, -0.2) is 10.5 Å². The molecule has 0 spiro atoms. The number of piperidine rings is 1. The summed E-state index contributed by atoms with van der Waals surface area (Å²) in [6.45, 7) is 2.93. The van der Waals surface area contributed by atoms with Crippen molar-refractivity contribution in [2.45, 2.75) is 25.4 Å². The van der Waals surface area contributed by atoms with E-state index < -0.39 is 5.91 Å². The summed E-state index contributed by atoms with van der Waals surface area (Å²) in [5, 5.41) is 12.4. The number of pyridine rings is 1. The highest BCUT2D eigenvalue weighted by Gasteiger charge is 2.20. The molecule has 1 aromatic carbocycles. The summed E-state index contributed by atoms with van der Waals surface area (Å²) < 4.78 is 5.21. The van der Waals surface area contributed by atoms with Crippen molar-refractivity contribution in [3.05, 3.63) is 58.8 Å². The third-order valence-corrected chi connectivity index (χ3v) is 5.18. The predicted octanol–water partition coefficient (Wildman–Crippen LogP) is 4.18. The molecule has 1 aliphatic heterocycles. The second-order valence-electron chi connectivity index (χ2n) is 6.95. The quantitative estimate of drug-likeness (QED) is 0.307. The van der Waals surface area contributed by atoms with Gasteiger partial charge in [0, 0.05) is 37.9 Å². The van der Waals surface area contributed by atoms with E-state index in [0.717, 1.165) is 38.2 Å². The van der Waals surface area contributed by atoms with Crippen molar-refractivity contribution in [3.63, 3.8) is 0 Å². The zero-order chi connectivity index (χ0) is 20.6. The van der Waals surface area contributed by atoms with E-state index in [2.05, 4.69) is 27.3 Å². The number of likely N-dealkylation sites (tertiary alicyclic amines) is 1. The SMILES string of the molecule is COc1ccc(CN2CCC(Nc3ncc(C=CC(=O)NO)cc3Cl)CC2)cc1.Cl.Cl. The minimum atomic E-state index is -0.607. The molecule has 2 aromatic rings. The van der Waals surface area contributed by atoms with E-state index in [-0.39, 0.29) is 24.8 Å². The van der Waals surface area contributed by atoms with Crippen LogP contribution in [0, 0.1) is 0 Å².